The molecule has 0 atom stereocenters. The van der Waals surface area contributed by atoms with Crippen LogP contribution in [0.2, 0.25) is 0 Å². The van der Waals surface area contributed by atoms with Crippen LogP contribution >= 0.6 is 11.8 Å². The highest BCUT2D eigenvalue weighted by Crippen LogP contribution is 2.16. The van der Waals surface area contributed by atoms with Crippen LogP contribution in [-0.4, -0.2) is 79.0 Å². The van der Waals surface area contributed by atoms with E-state index in [1.807, 2.05) is 22.7 Å². The summed E-state index contributed by atoms with van der Waals surface area (Å²) in [4.78, 5) is 23.2. The van der Waals surface area contributed by atoms with E-state index in [2.05, 4.69) is 39.1 Å². The quantitative estimate of drug-likeness (QED) is 0.642. The number of carbonyl (C=O) groups is 1. The number of hydrogen-bond donors (Lipinski definition) is 1. The fourth-order valence-electron chi connectivity index (χ4n) is 3.17. The van der Waals surface area contributed by atoms with E-state index in [1.54, 1.807) is 0 Å². The molecule has 1 amide bonds. The summed E-state index contributed by atoms with van der Waals surface area (Å²) in [6.45, 7) is 5.70. The fraction of sp³-hybridized carbons (Fsp3) is 0.556. The molecule has 0 aliphatic carbocycles. The van der Waals surface area contributed by atoms with Crippen LogP contribution in [0, 0.1) is 0 Å². The zero-order valence-electron chi connectivity index (χ0n) is 14.6. The zero-order chi connectivity index (χ0) is 17.5. The Balaban J connectivity index is 1.40. The van der Waals surface area contributed by atoms with Gasteiger partial charge in [-0.1, -0.05) is 18.2 Å². The molecule has 6 nitrogen and oxygen atoms in total. The maximum Gasteiger partial charge on any atom is 0.224 e. The number of anilines is 1. The number of thioether (sulfide) groups is 1. The topological polar surface area (TPSA) is 65.2 Å². The van der Waals surface area contributed by atoms with Crippen LogP contribution < -0.4 is 10.6 Å². The number of piperazine rings is 1. The second-order valence-electron chi connectivity index (χ2n) is 6.29. The van der Waals surface area contributed by atoms with Crippen molar-refractivity contribution in [1.29, 1.82) is 0 Å². The lowest BCUT2D eigenvalue weighted by atomic mass is 10.2. The summed E-state index contributed by atoms with van der Waals surface area (Å²) in [5, 5.41) is 0. The number of carbonyl (C=O) groups excluding carboxylic acids is 1. The second-order valence-corrected chi connectivity index (χ2v) is 7.52. The Labute approximate surface area is 154 Å². The SMILES string of the molecule is NC(=NCCC(=O)N1CCN(c2ccccc2)CC1)N1CCSCC1. The number of nitrogens with zero attached hydrogens (tertiary/aromatic N) is 4. The normalized spacial score (nSPS) is 19.2. The first-order valence-electron chi connectivity index (χ1n) is 8.94. The van der Waals surface area contributed by atoms with E-state index in [0.717, 1.165) is 50.8 Å². The minimum absolute atomic E-state index is 0.179. The molecule has 0 saturated carbocycles. The Bertz CT molecular complexity index is 580. The first-order chi connectivity index (χ1) is 12.2. The van der Waals surface area contributed by atoms with Gasteiger partial charge in [-0.25, -0.2) is 0 Å². The largest absolute Gasteiger partial charge is 0.370 e. The lowest BCUT2D eigenvalue weighted by Gasteiger charge is -2.36. The van der Waals surface area contributed by atoms with E-state index in [1.165, 1.54) is 5.69 Å². The molecule has 0 bridgehead atoms. The van der Waals surface area contributed by atoms with Gasteiger partial charge >= 0.3 is 0 Å². The highest BCUT2D eigenvalue weighted by atomic mass is 32.2. The molecule has 2 heterocycles. The molecule has 2 aliphatic rings. The Kier molecular flexibility index (Phi) is 6.44. The van der Waals surface area contributed by atoms with E-state index in [9.17, 15) is 4.79 Å². The third kappa shape index (κ3) is 5.04. The monoisotopic (exact) mass is 361 g/mol. The number of guanidine groups is 1. The Hall–Kier alpha value is -1.89. The molecule has 0 radical (unpaired) electrons. The van der Waals surface area contributed by atoms with Crippen LogP contribution in [0.15, 0.2) is 35.3 Å². The number of amides is 1. The minimum Gasteiger partial charge on any atom is -0.370 e. The minimum atomic E-state index is 0.179. The van der Waals surface area contributed by atoms with Crippen LogP contribution in [0.3, 0.4) is 0 Å². The van der Waals surface area contributed by atoms with Crippen molar-refractivity contribution < 1.29 is 4.79 Å². The van der Waals surface area contributed by atoms with Crippen molar-refractivity contribution in [3.05, 3.63) is 30.3 Å². The van der Waals surface area contributed by atoms with Gasteiger partial charge in [-0.3, -0.25) is 9.79 Å². The molecule has 2 fully saturated rings. The molecule has 1 aromatic carbocycles. The van der Waals surface area contributed by atoms with Gasteiger partial charge in [0, 0.05) is 62.9 Å². The molecule has 0 aromatic heterocycles. The van der Waals surface area contributed by atoms with E-state index in [-0.39, 0.29) is 5.91 Å². The standard InChI is InChI=1S/C18H27N5OS/c19-18(23-12-14-25-15-13-23)20-7-6-17(24)22-10-8-21(9-11-22)16-4-2-1-3-5-16/h1-5H,6-15H2,(H2,19,20). The summed E-state index contributed by atoms with van der Waals surface area (Å²) < 4.78 is 0. The maximum atomic E-state index is 12.4. The first-order valence-corrected chi connectivity index (χ1v) is 10.1. The van der Waals surface area contributed by atoms with Crippen molar-refractivity contribution in [2.45, 2.75) is 6.42 Å². The number of rotatable bonds is 4. The summed E-state index contributed by atoms with van der Waals surface area (Å²) in [7, 11) is 0. The number of benzene rings is 1. The predicted molar refractivity (Wildman–Crippen MR) is 105 cm³/mol. The maximum absolute atomic E-state index is 12.4. The third-order valence-corrected chi connectivity index (χ3v) is 5.63. The van der Waals surface area contributed by atoms with Gasteiger partial charge in [0.2, 0.25) is 5.91 Å². The van der Waals surface area contributed by atoms with Crippen LogP contribution in [-0.2, 0) is 4.79 Å². The summed E-state index contributed by atoms with van der Waals surface area (Å²) in [5.74, 6) is 2.96. The predicted octanol–water partition coefficient (Wildman–Crippen LogP) is 1.09. The van der Waals surface area contributed by atoms with Crippen molar-refractivity contribution in [2.24, 2.45) is 10.7 Å². The fourth-order valence-corrected chi connectivity index (χ4v) is 4.07. The van der Waals surface area contributed by atoms with Gasteiger partial charge in [-0.2, -0.15) is 11.8 Å². The molecule has 0 unspecified atom stereocenters. The van der Waals surface area contributed by atoms with Gasteiger partial charge in [-0.15, -0.1) is 0 Å². The third-order valence-electron chi connectivity index (χ3n) is 4.69. The van der Waals surface area contributed by atoms with Gasteiger partial charge in [0.25, 0.3) is 0 Å². The van der Waals surface area contributed by atoms with Crippen molar-refractivity contribution in [1.82, 2.24) is 9.80 Å². The molecular formula is C18H27N5OS. The average molecular weight is 362 g/mol. The van der Waals surface area contributed by atoms with Crippen LogP contribution in [0.4, 0.5) is 5.69 Å². The van der Waals surface area contributed by atoms with Gasteiger partial charge in [0.1, 0.15) is 0 Å². The van der Waals surface area contributed by atoms with E-state index in [0.29, 0.717) is 18.9 Å². The Morgan fingerprint density at radius 3 is 2.36 bits per heavy atom. The van der Waals surface area contributed by atoms with Gasteiger partial charge in [-0.05, 0) is 12.1 Å². The molecular weight excluding hydrogens is 334 g/mol. The number of aliphatic imine (C=N–C) groups is 1. The molecule has 1 aromatic rings. The van der Waals surface area contributed by atoms with E-state index < -0.39 is 0 Å². The molecule has 136 valence electrons. The summed E-state index contributed by atoms with van der Waals surface area (Å²) in [6.07, 6.45) is 0.439. The number of para-hydroxylation sites is 1. The van der Waals surface area contributed by atoms with E-state index >= 15 is 0 Å². The summed E-state index contributed by atoms with van der Waals surface area (Å²) >= 11 is 1.95. The smallest absolute Gasteiger partial charge is 0.224 e. The number of hydrogen-bond acceptors (Lipinski definition) is 4. The molecule has 7 heteroatoms. The molecule has 2 N–H and O–H groups in total. The number of nitrogens with two attached hydrogens (primary N) is 1. The highest BCUT2D eigenvalue weighted by Gasteiger charge is 2.21. The Morgan fingerprint density at radius 1 is 1.00 bits per heavy atom. The van der Waals surface area contributed by atoms with Crippen LogP contribution in [0.25, 0.3) is 0 Å². The molecule has 25 heavy (non-hydrogen) atoms. The Morgan fingerprint density at radius 2 is 1.68 bits per heavy atom. The summed E-state index contributed by atoms with van der Waals surface area (Å²) in [6, 6.07) is 10.4. The highest BCUT2D eigenvalue weighted by molar-refractivity contribution is 7.99. The van der Waals surface area contributed by atoms with Gasteiger partial charge < -0.3 is 20.4 Å². The van der Waals surface area contributed by atoms with Crippen LogP contribution in [0.1, 0.15) is 6.42 Å². The van der Waals surface area contributed by atoms with Crippen molar-refractivity contribution in [2.75, 3.05) is 62.2 Å². The second kappa shape index (κ2) is 8.99. The molecule has 3 rings (SSSR count). The van der Waals surface area contributed by atoms with Crippen molar-refractivity contribution in [3.63, 3.8) is 0 Å². The first kappa shape index (κ1) is 17.9. The van der Waals surface area contributed by atoms with Gasteiger partial charge in [0.15, 0.2) is 5.96 Å². The van der Waals surface area contributed by atoms with Crippen LogP contribution in [0.5, 0.6) is 0 Å². The molecule has 2 aliphatic heterocycles. The summed E-state index contributed by atoms with van der Waals surface area (Å²) in [5.41, 5.74) is 7.26. The van der Waals surface area contributed by atoms with Crippen molar-refractivity contribution >= 4 is 29.3 Å². The van der Waals surface area contributed by atoms with Crippen molar-refractivity contribution in [3.8, 4) is 0 Å². The van der Waals surface area contributed by atoms with Gasteiger partial charge in [0.05, 0.1) is 6.54 Å². The lowest BCUT2D eigenvalue weighted by molar-refractivity contribution is -0.131. The van der Waals surface area contributed by atoms with E-state index in [4.69, 9.17) is 5.73 Å². The average Bonchev–Trinajstić information content (AvgIpc) is 2.69. The lowest BCUT2D eigenvalue weighted by Crippen LogP contribution is -2.49. The zero-order valence-corrected chi connectivity index (χ0v) is 15.5. The molecule has 0 spiro atoms. The molecule has 2 saturated heterocycles.